The third kappa shape index (κ3) is 2.50. The molecule has 1 aromatic carbocycles. The topological polar surface area (TPSA) is 33.2 Å². The molecule has 2 aromatic rings. The third-order valence-corrected chi connectivity index (χ3v) is 3.65. The molecule has 96 valence electrons. The van der Waals surface area contributed by atoms with Crippen molar-refractivity contribution in [3.8, 4) is 0 Å². The van der Waals surface area contributed by atoms with Crippen molar-refractivity contribution >= 4 is 12.1 Å². The van der Waals surface area contributed by atoms with Crippen LogP contribution in [0.3, 0.4) is 0 Å². The summed E-state index contributed by atoms with van der Waals surface area (Å²) in [7, 11) is 0. The summed E-state index contributed by atoms with van der Waals surface area (Å²) in [5, 5.41) is 0. The number of aldehydes is 1. The Morgan fingerprint density at radius 1 is 1.00 bits per heavy atom. The summed E-state index contributed by atoms with van der Waals surface area (Å²) in [5.74, 6) is 0.957. The van der Waals surface area contributed by atoms with Crippen LogP contribution in [0.1, 0.15) is 21.5 Å². The molecule has 0 bridgehead atoms. The molecule has 0 unspecified atom stereocenters. The lowest BCUT2D eigenvalue weighted by Crippen LogP contribution is -2.26. The largest absolute Gasteiger partial charge is 0.356 e. The molecule has 1 aliphatic rings. The SMILES string of the molecule is O=Cc1ccc(N2CCc3ccccc3CC2)nc1. The minimum absolute atomic E-state index is 0.627. The van der Waals surface area contributed by atoms with Crippen LogP contribution >= 0.6 is 0 Å². The van der Waals surface area contributed by atoms with E-state index in [1.54, 1.807) is 6.20 Å². The fraction of sp³-hybridized carbons (Fsp3) is 0.250. The number of carbonyl (C=O) groups excluding carboxylic acids is 1. The Morgan fingerprint density at radius 3 is 2.21 bits per heavy atom. The van der Waals surface area contributed by atoms with Crippen LogP contribution in [0, 0.1) is 0 Å². The second-order valence-corrected chi connectivity index (χ2v) is 4.82. The highest BCUT2D eigenvalue weighted by atomic mass is 16.1. The number of fused-ring (bicyclic) bond motifs is 1. The number of carbonyl (C=O) groups is 1. The van der Waals surface area contributed by atoms with Crippen LogP contribution < -0.4 is 4.90 Å². The van der Waals surface area contributed by atoms with Gasteiger partial charge in [0.05, 0.1) is 0 Å². The summed E-state index contributed by atoms with van der Waals surface area (Å²) in [6.45, 7) is 1.95. The molecule has 1 aliphatic heterocycles. The van der Waals surface area contributed by atoms with Crippen LogP contribution in [0.5, 0.6) is 0 Å². The summed E-state index contributed by atoms with van der Waals surface area (Å²) in [4.78, 5) is 17.3. The van der Waals surface area contributed by atoms with E-state index in [-0.39, 0.29) is 0 Å². The van der Waals surface area contributed by atoms with Crippen molar-refractivity contribution in [2.75, 3.05) is 18.0 Å². The average molecular weight is 252 g/mol. The van der Waals surface area contributed by atoms with Gasteiger partial charge >= 0.3 is 0 Å². The Kier molecular flexibility index (Phi) is 3.27. The van der Waals surface area contributed by atoms with Crippen molar-refractivity contribution in [3.05, 3.63) is 59.3 Å². The number of nitrogens with zero attached hydrogens (tertiary/aromatic N) is 2. The van der Waals surface area contributed by atoms with E-state index >= 15 is 0 Å². The van der Waals surface area contributed by atoms with E-state index in [9.17, 15) is 4.79 Å². The zero-order chi connectivity index (χ0) is 13.1. The van der Waals surface area contributed by atoms with Gasteiger partial charge in [0.25, 0.3) is 0 Å². The van der Waals surface area contributed by atoms with Crippen LogP contribution in [-0.2, 0) is 12.8 Å². The van der Waals surface area contributed by atoms with E-state index in [1.165, 1.54) is 11.1 Å². The first-order valence-corrected chi connectivity index (χ1v) is 6.60. The Bertz CT molecular complexity index is 551. The van der Waals surface area contributed by atoms with Crippen molar-refractivity contribution in [2.24, 2.45) is 0 Å². The predicted molar refractivity (Wildman–Crippen MR) is 75.7 cm³/mol. The number of benzene rings is 1. The molecule has 0 fully saturated rings. The number of hydrogen-bond donors (Lipinski definition) is 0. The average Bonchev–Trinajstić information content (AvgIpc) is 2.70. The van der Waals surface area contributed by atoms with Crippen molar-refractivity contribution in [1.29, 1.82) is 0 Å². The van der Waals surface area contributed by atoms with Gasteiger partial charge in [0.1, 0.15) is 5.82 Å². The smallest absolute Gasteiger partial charge is 0.151 e. The van der Waals surface area contributed by atoms with Gasteiger partial charge < -0.3 is 4.90 Å². The van der Waals surface area contributed by atoms with Gasteiger partial charge in [-0.25, -0.2) is 4.98 Å². The number of aromatic nitrogens is 1. The predicted octanol–water partition coefficient (Wildman–Crippen LogP) is 2.50. The molecule has 3 heteroatoms. The summed E-state index contributed by atoms with van der Waals surface area (Å²) >= 11 is 0. The maximum atomic E-state index is 10.6. The zero-order valence-electron chi connectivity index (χ0n) is 10.7. The molecule has 0 N–H and O–H groups in total. The second-order valence-electron chi connectivity index (χ2n) is 4.82. The van der Waals surface area contributed by atoms with Gasteiger partial charge in [-0.15, -0.1) is 0 Å². The molecule has 19 heavy (non-hydrogen) atoms. The van der Waals surface area contributed by atoms with Gasteiger partial charge in [0.2, 0.25) is 0 Å². The summed E-state index contributed by atoms with van der Waals surface area (Å²) in [5.41, 5.74) is 3.51. The summed E-state index contributed by atoms with van der Waals surface area (Å²) in [6, 6.07) is 12.4. The van der Waals surface area contributed by atoms with E-state index in [0.717, 1.165) is 38.0 Å². The van der Waals surface area contributed by atoms with Crippen LogP contribution in [0.2, 0.25) is 0 Å². The molecule has 3 rings (SSSR count). The highest BCUT2D eigenvalue weighted by Gasteiger charge is 2.14. The third-order valence-electron chi connectivity index (χ3n) is 3.65. The van der Waals surface area contributed by atoms with Crippen molar-refractivity contribution in [2.45, 2.75) is 12.8 Å². The van der Waals surface area contributed by atoms with E-state index in [4.69, 9.17) is 0 Å². The zero-order valence-corrected chi connectivity index (χ0v) is 10.7. The van der Waals surface area contributed by atoms with Crippen LogP contribution in [0.4, 0.5) is 5.82 Å². The molecule has 0 amide bonds. The molecule has 0 saturated heterocycles. The van der Waals surface area contributed by atoms with Crippen molar-refractivity contribution in [3.63, 3.8) is 0 Å². The molecule has 1 aromatic heterocycles. The molecule has 0 saturated carbocycles. The molecular weight excluding hydrogens is 236 g/mol. The van der Waals surface area contributed by atoms with Crippen molar-refractivity contribution in [1.82, 2.24) is 4.98 Å². The Balaban J connectivity index is 1.79. The second kappa shape index (κ2) is 5.22. The number of anilines is 1. The van der Waals surface area contributed by atoms with Gasteiger partial charge in [-0.1, -0.05) is 24.3 Å². The first-order chi connectivity index (χ1) is 9.36. The van der Waals surface area contributed by atoms with Crippen LogP contribution in [0.15, 0.2) is 42.6 Å². The fourth-order valence-corrected chi connectivity index (χ4v) is 2.55. The van der Waals surface area contributed by atoms with Gasteiger partial charge in [-0.05, 0) is 36.1 Å². The van der Waals surface area contributed by atoms with Crippen molar-refractivity contribution < 1.29 is 4.79 Å². The summed E-state index contributed by atoms with van der Waals surface area (Å²) in [6.07, 6.45) is 4.57. The van der Waals surface area contributed by atoms with E-state index in [0.29, 0.717) is 5.56 Å². The minimum Gasteiger partial charge on any atom is -0.356 e. The van der Waals surface area contributed by atoms with Crippen LogP contribution in [-0.4, -0.2) is 24.4 Å². The lowest BCUT2D eigenvalue weighted by atomic mass is 10.0. The molecule has 0 spiro atoms. The van der Waals surface area contributed by atoms with E-state index in [2.05, 4.69) is 34.1 Å². The molecule has 0 radical (unpaired) electrons. The maximum absolute atomic E-state index is 10.6. The Morgan fingerprint density at radius 2 is 1.68 bits per heavy atom. The van der Waals surface area contributed by atoms with E-state index in [1.807, 2.05) is 12.1 Å². The Labute approximate surface area is 112 Å². The fourth-order valence-electron chi connectivity index (χ4n) is 2.55. The van der Waals surface area contributed by atoms with Gasteiger partial charge in [-0.2, -0.15) is 0 Å². The summed E-state index contributed by atoms with van der Waals surface area (Å²) < 4.78 is 0. The number of pyridine rings is 1. The molecule has 0 atom stereocenters. The first kappa shape index (κ1) is 11.9. The monoisotopic (exact) mass is 252 g/mol. The van der Waals surface area contributed by atoms with Gasteiger partial charge in [-0.3, -0.25) is 4.79 Å². The highest BCUT2D eigenvalue weighted by Crippen LogP contribution is 2.19. The number of rotatable bonds is 2. The van der Waals surface area contributed by atoms with Crippen LogP contribution in [0.25, 0.3) is 0 Å². The maximum Gasteiger partial charge on any atom is 0.151 e. The van der Waals surface area contributed by atoms with E-state index < -0.39 is 0 Å². The standard InChI is InChI=1S/C16H16N2O/c19-12-13-5-6-16(17-11-13)18-9-7-14-3-1-2-4-15(14)8-10-18/h1-6,11-12H,7-10H2. The molecule has 3 nitrogen and oxygen atoms in total. The normalized spacial score (nSPS) is 14.6. The lowest BCUT2D eigenvalue weighted by Gasteiger charge is -2.21. The van der Waals surface area contributed by atoms with Gasteiger partial charge in [0, 0.05) is 24.8 Å². The first-order valence-electron chi connectivity index (χ1n) is 6.60. The number of hydrogen-bond acceptors (Lipinski definition) is 3. The molecular formula is C16H16N2O. The Hall–Kier alpha value is -2.16. The minimum atomic E-state index is 0.627. The molecule has 0 aliphatic carbocycles. The molecule has 2 heterocycles. The quantitative estimate of drug-likeness (QED) is 0.770. The highest BCUT2D eigenvalue weighted by molar-refractivity contribution is 5.74. The lowest BCUT2D eigenvalue weighted by molar-refractivity contribution is 0.112. The van der Waals surface area contributed by atoms with Gasteiger partial charge in [0.15, 0.2) is 6.29 Å².